The van der Waals surface area contributed by atoms with Crippen LogP contribution in [0.15, 0.2) is 0 Å². The average Bonchev–Trinajstić information content (AvgIpc) is 3.43. The maximum absolute atomic E-state index is 3.53. The van der Waals surface area contributed by atoms with Gasteiger partial charge in [-0.3, -0.25) is 21.3 Å². The van der Waals surface area contributed by atoms with Gasteiger partial charge in [0.1, 0.15) is 24.7 Å². The summed E-state index contributed by atoms with van der Waals surface area (Å²) in [7, 11) is 0. The van der Waals surface area contributed by atoms with Crippen molar-refractivity contribution >= 4 is 0 Å². The fraction of sp³-hybridized carbons (Fsp3) is 1.00. The highest BCUT2D eigenvalue weighted by atomic mass is 79.9. The molecule has 0 bridgehead atoms. The highest BCUT2D eigenvalue weighted by Gasteiger charge is 2.30. The Kier molecular flexibility index (Phi) is 21.3. The van der Waals surface area contributed by atoms with E-state index in [0.717, 1.165) is 11.8 Å². The van der Waals surface area contributed by atoms with Crippen molar-refractivity contribution in [1.82, 2.24) is 21.3 Å². The van der Waals surface area contributed by atoms with Crippen LogP contribution in [0.5, 0.6) is 0 Å². The van der Waals surface area contributed by atoms with Crippen LogP contribution in [-0.4, -0.2) is 77.0 Å². The molecule has 4 aliphatic rings. The summed E-state index contributed by atoms with van der Waals surface area (Å²) in [5, 5.41) is 23.8. The van der Waals surface area contributed by atoms with E-state index in [2.05, 4.69) is 56.4 Å². The van der Waals surface area contributed by atoms with E-state index in [0.29, 0.717) is 24.7 Å². The molecule has 4 rings (SSSR count). The molecule has 12 heteroatoms. The van der Waals surface area contributed by atoms with Gasteiger partial charge >= 0.3 is 0 Å². The summed E-state index contributed by atoms with van der Waals surface area (Å²) in [6.45, 7) is 14.4. The van der Waals surface area contributed by atoms with Crippen molar-refractivity contribution in [3.63, 3.8) is 0 Å². The molecule has 8 nitrogen and oxygen atoms in total. The van der Waals surface area contributed by atoms with Crippen LogP contribution in [0, 0.1) is 11.8 Å². The molecule has 4 saturated heterocycles. The predicted octanol–water partition coefficient (Wildman–Crippen LogP) is -18.0. The van der Waals surface area contributed by atoms with E-state index < -0.39 is 0 Å². The topological polar surface area (TPSA) is 115 Å². The number of hydrogen-bond donors (Lipinski definition) is 8. The Balaban J connectivity index is 0. The summed E-state index contributed by atoms with van der Waals surface area (Å²) in [6.07, 6.45) is 5.24. The van der Waals surface area contributed by atoms with Gasteiger partial charge in [0, 0.05) is 50.9 Å². The van der Waals surface area contributed by atoms with Gasteiger partial charge < -0.3 is 89.2 Å². The molecule has 0 aromatic carbocycles. The summed E-state index contributed by atoms with van der Waals surface area (Å²) in [5.41, 5.74) is 0. The van der Waals surface area contributed by atoms with Crippen molar-refractivity contribution in [3.05, 3.63) is 0 Å². The van der Waals surface area contributed by atoms with Crippen LogP contribution in [0.3, 0.4) is 0 Å². The molecule has 4 heterocycles. The first-order valence-corrected chi connectivity index (χ1v) is 11.0. The molecule has 0 aromatic heterocycles. The Bertz CT molecular complexity index is 352. The fourth-order valence-electron chi connectivity index (χ4n) is 4.79. The van der Waals surface area contributed by atoms with Gasteiger partial charge in [0.05, 0.1) is 26.2 Å². The number of nitrogens with two attached hydrogens (primary N) is 4. The number of quaternary nitrogens is 4. The summed E-state index contributed by atoms with van der Waals surface area (Å²) in [6, 6.07) is 0. The highest BCUT2D eigenvalue weighted by molar-refractivity contribution is 4.70. The van der Waals surface area contributed by atoms with Crippen LogP contribution in [0.4, 0.5) is 0 Å². The van der Waals surface area contributed by atoms with E-state index in [1.807, 2.05) is 0 Å². The number of rotatable bonds is 6. The van der Waals surface area contributed by atoms with E-state index in [9.17, 15) is 0 Å². The Labute approximate surface area is 224 Å². The molecule has 6 unspecified atom stereocenters. The summed E-state index contributed by atoms with van der Waals surface area (Å²) in [5.74, 6) is 1.55. The lowest BCUT2D eigenvalue weighted by Crippen LogP contribution is -3.00. The van der Waals surface area contributed by atoms with Crippen molar-refractivity contribution in [1.29, 1.82) is 0 Å². The van der Waals surface area contributed by atoms with Gasteiger partial charge in [-0.1, -0.05) is 13.8 Å². The molecule has 0 aliphatic carbocycles. The van der Waals surface area contributed by atoms with Crippen molar-refractivity contribution in [2.24, 2.45) is 11.8 Å². The first-order valence-electron chi connectivity index (χ1n) is 11.0. The summed E-state index contributed by atoms with van der Waals surface area (Å²) >= 11 is 0. The van der Waals surface area contributed by atoms with Gasteiger partial charge in [-0.2, -0.15) is 0 Å². The van der Waals surface area contributed by atoms with Gasteiger partial charge in [-0.25, -0.2) is 0 Å². The van der Waals surface area contributed by atoms with Gasteiger partial charge in [-0.05, 0) is 0 Å². The van der Waals surface area contributed by atoms with E-state index in [4.69, 9.17) is 0 Å². The monoisotopic (exact) mass is 688 g/mol. The first kappa shape index (κ1) is 33.8. The Morgan fingerprint density at radius 3 is 1.17 bits per heavy atom. The quantitative estimate of drug-likeness (QED) is 0.142. The molecule has 30 heavy (non-hydrogen) atoms. The lowest BCUT2D eigenvalue weighted by Gasteiger charge is -2.18. The molecule has 6 atom stereocenters. The maximum atomic E-state index is 3.53. The predicted molar refractivity (Wildman–Crippen MR) is 102 cm³/mol. The molecule has 0 radical (unpaired) electrons. The molecule has 0 spiro atoms. The molecule has 0 aromatic rings. The maximum Gasteiger partial charge on any atom is 0.142 e. The smallest absolute Gasteiger partial charge is 0.142 e. The molecular weight excluding hydrogens is 648 g/mol. The van der Waals surface area contributed by atoms with Gasteiger partial charge in [-0.15, -0.1) is 0 Å². The third-order valence-electron chi connectivity index (χ3n) is 6.37. The molecule has 4 fully saturated rings. The van der Waals surface area contributed by atoms with Crippen LogP contribution >= 0.6 is 0 Å². The standard InChI is InChI=1S/2C9H20N4.4BrH/c2*1-7(9-12-4-5-13-9)6-8-10-2-3-11-8;;;;/h2*7-13H,2-6H2,1H3;4*1H. The van der Waals surface area contributed by atoms with E-state index in [1.165, 1.54) is 65.2 Å². The van der Waals surface area contributed by atoms with Crippen molar-refractivity contribution < 1.29 is 89.2 Å². The minimum absolute atomic E-state index is 0. The zero-order valence-electron chi connectivity index (χ0n) is 18.4. The summed E-state index contributed by atoms with van der Waals surface area (Å²) < 4.78 is 0. The minimum atomic E-state index is 0. The van der Waals surface area contributed by atoms with Crippen molar-refractivity contribution in [2.45, 2.75) is 51.4 Å². The van der Waals surface area contributed by atoms with Gasteiger partial charge in [0.15, 0.2) is 0 Å². The van der Waals surface area contributed by atoms with Crippen molar-refractivity contribution in [3.8, 4) is 0 Å². The normalized spacial score (nSPS) is 31.8. The van der Waals surface area contributed by atoms with E-state index in [-0.39, 0.29) is 67.9 Å². The molecule has 0 saturated carbocycles. The van der Waals surface area contributed by atoms with Crippen LogP contribution in [0.1, 0.15) is 26.7 Å². The lowest BCUT2D eigenvalue weighted by molar-refractivity contribution is -0.689. The number of nitrogens with one attached hydrogen (secondary N) is 4. The Morgan fingerprint density at radius 2 is 0.900 bits per heavy atom. The number of hydrogen-bond acceptors (Lipinski definition) is 4. The molecule has 4 aliphatic heterocycles. The van der Waals surface area contributed by atoms with E-state index >= 15 is 0 Å². The molecule has 184 valence electrons. The van der Waals surface area contributed by atoms with Crippen LogP contribution in [0.25, 0.3) is 0 Å². The van der Waals surface area contributed by atoms with Crippen molar-refractivity contribution in [2.75, 3.05) is 52.4 Å². The third-order valence-corrected chi connectivity index (χ3v) is 6.37. The largest absolute Gasteiger partial charge is 1.00 e. The zero-order valence-corrected chi connectivity index (χ0v) is 24.7. The number of halogens is 4. The van der Waals surface area contributed by atoms with Crippen LogP contribution in [-0.2, 0) is 0 Å². The minimum Gasteiger partial charge on any atom is -1.00 e. The van der Waals surface area contributed by atoms with Gasteiger partial charge in [0.2, 0.25) is 0 Å². The zero-order chi connectivity index (χ0) is 18.2. The first-order chi connectivity index (χ1) is 12.7. The van der Waals surface area contributed by atoms with Crippen LogP contribution in [0.2, 0.25) is 0 Å². The van der Waals surface area contributed by atoms with Gasteiger partial charge in [0.25, 0.3) is 0 Å². The van der Waals surface area contributed by atoms with E-state index in [1.54, 1.807) is 0 Å². The lowest BCUT2D eigenvalue weighted by atomic mass is 10.0. The molecular formula is C18H44Br4N8. The Morgan fingerprint density at radius 1 is 0.567 bits per heavy atom. The second-order valence-corrected chi connectivity index (χ2v) is 8.60. The average molecular weight is 692 g/mol. The fourth-order valence-corrected chi connectivity index (χ4v) is 4.79. The second-order valence-electron chi connectivity index (χ2n) is 8.60. The Hall–Kier alpha value is 1.60. The molecule has 12 N–H and O–H groups in total. The highest BCUT2D eigenvalue weighted by Crippen LogP contribution is 2.06. The summed E-state index contributed by atoms with van der Waals surface area (Å²) in [4.78, 5) is 0. The third kappa shape index (κ3) is 11.6. The SMILES string of the molecule is CC(CC1NCC[NH2+]1)C1NCC[NH2+]1.CC(CC1NCC[NH2+]1)C1NCC[NH2+]1.[Br-].[Br-].[Br-].[Br-]. The molecule has 0 amide bonds. The van der Waals surface area contributed by atoms with Crippen LogP contribution < -0.4 is 110 Å². The second kappa shape index (κ2) is 19.0.